The number of halogens is 1. The summed E-state index contributed by atoms with van der Waals surface area (Å²) in [4.78, 5) is 13.9. The van der Waals surface area contributed by atoms with Gasteiger partial charge in [-0.3, -0.25) is 9.69 Å². The molecule has 0 aliphatic heterocycles. The zero-order valence-corrected chi connectivity index (χ0v) is 13.3. The van der Waals surface area contributed by atoms with Crippen molar-refractivity contribution in [3.8, 4) is 0 Å². The Hall–Kier alpha value is -1.10. The molecule has 0 aromatic heterocycles. The first-order valence-corrected chi connectivity index (χ1v) is 7.75. The topological polar surface area (TPSA) is 52.6 Å². The Labute approximate surface area is 131 Å². The third-order valence-electron chi connectivity index (χ3n) is 3.83. The number of nitrogens with zero attached hydrogens (tertiary/aromatic N) is 1. The van der Waals surface area contributed by atoms with Crippen molar-refractivity contribution in [2.24, 2.45) is 5.92 Å². The second-order valence-corrected chi connectivity index (χ2v) is 6.32. The molecule has 0 heterocycles. The second kappa shape index (κ2) is 7.25. The van der Waals surface area contributed by atoms with Crippen molar-refractivity contribution in [1.29, 1.82) is 0 Å². The lowest BCUT2D eigenvalue weighted by Crippen LogP contribution is -2.40. The minimum absolute atomic E-state index is 0.0621. The van der Waals surface area contributed by atoms with Gasteiger partial charge in [-0.2, -0.15) is 0 Å². The fraction of sp³-hybridized carbons (Fsp3) is 0.562. The molecular formula is C16H23ClN2O2. The van der Waals surface area contributed by atoms with Crippen LogP contribution in [0.1, 0.15) is 31.4 Å². The fourth-order valence-corrected chi connectivity index (χ4v) is 2.75. The number of hydrogen-bond donors (Lipinski definition) is 2. The summed E-state index contributed by atoms with van der Waals surface area (Å²) < 4.78 is 0. The van der Waals surface area contributed by atoms with Crippen LogP contribution in [0.5, 0.6) is 0 Å². The zero-order valence-electron chi connectivity index (χ0n) is 12.6. The summed E-state index contributed by atoms with van der Waals surface area (Å²) >= 11 is 6.12. The molecule has 2 unspecified atom stereocenters. The van der Waals surface area contributed by atoms with E-state index in [0.29, 0.717) is 17.5 Å². The number of carbonyl (C=O) groups excluding carboxylic acids is 1. The summed E-state index contributed by atoms with van der Waals surface area (Å²) in [7, 11) is 1.85. The smallest absolute Gasteiger partial charge is 0.234 e. The Bertz CT molecular complexity index is 491. The van der Waals surface area contributed by atoms with Crippen molar-refractivity contribution in [1.82, 2.24) is 10.2 Å². The first kappa shape index (κ1) is 16.3. The van der Waals surface area contributed by atoms with E-state index in [2.05, 4.69) is 5.32 Å². The lowest BCUT2D eigenvalue weighted by atomic mass is 10.1. The summed E-state index contributed by atoms with van der Waals surface area (Å²) in [6, 6.07) is 7.37. The van der Waals surface area contributed by atoms with Crippen molar-refractivity contribution in [3.63, 3.8) is 0 Å². The Kier molecular flexibility index (Phi) is 5.62. The summed E-state index contributed by atoms with van der Waals surface area (Å²) in [6.07, 6.45) is 1.89. The van der Waals surface area contributed by atoms with Crippen molar-refractivity contribution in [2.75, 3.05) is 20.1 Å². The number of amides is 1. The van der Waals surface area contributed by atoms with Crippen LogP contribution in [-0.4, -0.2) is 42.2 Å². The van der Waals surface area contributed by atoms with Gasteiger partial charge in [0, 0.05) is 11.6 Å². The van der Waals surface area contributed by atoms with E-state index in [0.717, 1.165) is 18.4 Å². The molecule has 4 nitrogen and oxygen atoms in total. The molecule has 1 aliphatic carbocycles. The maximum Gasteiger partial charge on any atom is 0.234 e. The Morgan fingerprint density at radius 1 is 1.48 bits per heavy atom. The molecule has 21 heavy (non-hydrogen) atoms. The summed E-state index contributed by atoms with van der Waals surface area (Å²) in [6.45, 7) is 2.73. The molecule has 1 saturated carbocycles. The van der Waals surface area contributed by atoms with Gasteiger partial charge in [0.1, 0.15) is 0 Å². The van der Waals surface area contributed by atoms with E-state index in [-0.39, 0.29) is 24.6 Å². The highest BCUT2D eigenvalue weighted by Gasteiger charge is 2.30. The standard InChI is InChI=1S/C16H23ClN2O2/c1-11(13-5-3-4-6-14(13)17)18-16(21)10-19(2)9-15(20)12-7-8-12/h3-6,11-12,15,20H,7-10H2,1-2H3,(H,18,21). The summed E-state index contributed by atoms with van der Waals surface area (Å²) in [5.41, 5.74) is 0.910. The van der Waals surface area contributed by atoms with Crippen LogP contribution in [0.4, 0.5) is 0 Å². The minimum atomic E-state index is -0.316. The molecule has 0 radical (unpaired) electrons. The molecule has 1 amide bonds. The third-order valence-corrected chi connectivity index (χ3v) is 4.17. The lowest BCUT2D eigenvalue weighted by molar-refractivity contribution is -0.122. The van der Waals surface area contributed by atoms with E-state index in [4.69, 9.17) is 11.6 Å². The van der Waals surface area contributed by atoms with Gasteiger partial charge in [0.2, 0.25) is 5.91 Å². The normalized spacial score (nSPS) is 17.6. The molecule has 116 valence electrons. The highest BCUT2D eigenvalue weighted by atomic mass is 35.5. The maximum atomic E-state index is 12.0. The number of hydrogen-bond acceptors (Lipinski definition) is 3. The number of rotatable bonds is 7. The third kappa shape index (κ3) is 4.99. The number of aliphatic hydroxyl groups excluding tert-OH is 1. The van der Waals surface area contributed by atoms with Crippen molar-refractivity contribution >= 4 is 17.5 Å². The average molecular weight is 311 g/mol. The van der Waals surface area contributed by atoms with Crippen LogP contribution in [0.25, 0.3) is 0 Å². The highest BCUT2D eigenvalue weighted by molar-refractivity contribution is 6.31. The summed E-state index contributed by atoms with van der Waals surface area (Å²) in [5.74, 6) is 0.366. The molecule has 1 aliphatic rings. The molecule has 2 atom stereocenters. The molecule has 0 bridgehead atoms. The van der Waals surface area contributed by atoms with Gasteiger partial charge in [-0.15, -0.1) is 0 Å². The highest BCUT2D eigenvalue weighted by Crippen LogP contribution is 2.32. The van der Waals surface area contributed by atoms with Gasteiger partial charge in [0.05, 0.1) is 18.7 Å². The van der Waals surface area contributed by atoms with Gasteiger partial charge in [0.25, 0.3) is 0 Å². The monoisotopic (exact) mass is 310 g/mol. The Balaban J connectivity index is 1.79. The van der Waals surface area contributed by atoms with E-state index in [9.17, 15) is 9.90 Å². The molecule has 1 aromatic carbocycles. The number of benzene rings is 1. The van der Waals surface area contributed by atoms with E-state index in [1.807, 2.05) is 43.1 Å². The van der Waals surface area contributed by atoms with Gasteiger partial charge in [0.15, 0.2) is 0 Å². The number of nitrogens with one attached hydrogen (secondary N) is 1. The zero-order chi connectivity index (χ0) is 15.4. The maximum absolute atomic E-state index is 12.0. The van der Waals surface area contributed by atoms with Crippen molar-refractivity contribution in [2.45, 2.75) is 31.9 Å². The molecule has 0 spiro atoms. The van der Waals surface area contributed by atoms with E-state index in [1.54, 1.807) is 0 Å². The van der Waals surface area contributed by atoms with E-state index >= 15 is 0 Å². The van der Waals surface area contributed by atoms with E-state index < -0.39 is 0 Å². The van der Waals surface area contributed by atoms with Crippen LogP contribution in [0.15, 0.2) is 24.3 Å². The van der Waals surface area contributed by atoms with Gasteiger partial charge in [-0.25, -0.2) is 0 Å². The quantitative estimate of drug-likeness (QED) is 0.812. The number of likely N-dealkylation sites (N-methyl/N-ethyl adjacent to an activating group) is 1. The van der Waals surface area contributed by atoms with Crippen LogP contribution < -0.4 is 5.32 Å². The number of aliphatic hydroxyl groups is 1. The molecule has 0 saturated heterocycles. The predicted octanol–water partition coefficient (Wildman–Crippen LogP) is 2.22. The Morgan fingerprint density at radius 3 is 2.76 bits per heavy atom. The van der Waals surface area contributed by atoms with Crippen LogP contribution in [0.2, 0.25) is 5.02 Å². The molecule has 5 heteroatoms. The predicted molar refractivity (Wildman–Crippen MR) is 84.2 cm³/mol. The van der Waals surface area contributed by atoms with Crippen LogP contribution in [-0.2, 0) is 4.79 Å². The summed E-state index contributed by atoms with van der Waals surface area (Å²) in [5, 5.41) is 13.5. The fourth-order valence-electron chi connectivity index (χ4n) is 2.45. The second-order valence-electron chi connectivity index (χ2n) is 5.91. The Morgan fingerprint density at radius 2 is 2.14 bits per heavy atom. The van der Waals surface area contributed by atoms with Gasteiger partial charge in [-0.05, 0) is 44.4 Å². The van der Waals surface area contributed by atoms with Gasteiger partial charge >= 0.3 is 0 Å². The number of carbonyl (C=O) groups is 1. The molecule has 2 N–H and O–H groups in total. The van der Waals surface area contributed by atoms with Crippen LogP contribution in [0.3, 0.4) is 0 Å². The average Bonchev–Trinajstić information content (AvgIpc) is 3.22. The van der Waals surface area contributed by atoms with E-state index in [1.165, 1.54) is 0 Å². The van der Waals surface area contributed by atoms with Crippen LogP contribution in [0, 0.1) is 5.92 Å². The minimum Gasteiger partial charge on any atom is -0.392 e. The molecule has 1 fully saturated rings. The first-order chi connectivity index (χ1) is 9.97. The first-order valence-electron chi connectivity index (χ1n) is 7.37. The molecule has 2 rings (SSSR count). The largest absolute Gasteiger partial charge is 0.392 e. The van der Waals surface area contributed by atoms with Crippen molar-refractivity contribution in [3.05, 3.63) is 34.9 Å². The van der Waals surface area contributed by atoms with Gasteiger partial charge < -0.3 is 10.4 Å². The lowest BCUT2D eigenvalue weighted by Gasteiger charge is -2.21. The molecular weight excluding hydrogens is 288 g/mol. The SMILES string of the molecule is CC(NC(=O)CN(C)CC(O)C1CC1)c1ccccc1Cl. The molecule has 1 aromatic rings. The van der Waals surface area contributed by atoms with Crippen LogP contribution >= 0.6 is 11.6 Å². The van der Waals surface area contributed by atoms with Crippen molar-refractivity contribution < 1.29 is 9.90 Å². The van der Waals surface area contributed by atoms with Gasteiger partial charge in [-0.1, -0.05) is 29.8 Å².